The van der Waals surface area contributed by atoms with E-state index in [9.17, 15) is 0 Å². The Bertz CT molecular complexity index is 5330. The van der Waals surface area contributed by atoms with Gasteiger partial charge in [0.1, 0.15) is 0 Å². The molecule has 12 aromatic carbocycles. The second kappa shape index (κ2) is 53.7. The molecule has 0 aliphatic heterocycles. The van der Waals surface area contributed by atoms with Crippen LogP contribution in [0.25, 0.3) is 89.0 Å². The summed E-state index contributed by atoms with van der Waals surface area (Å²) in [5, 5.41) is 0. The van der Waals surface area contributed by atoms with Gasteiger partial charge in [-0.25, -0.2) is 0 Å². The van der Waals surface area contributed by atoms with Gasteiger partial charge in [-0.05, 0) is 448 Å². The van der Waals surface area contributed by atoms with Crippen LogP contribution in [0, 0.1) is 0 Å². The molecule has 0 saturated carbocycles. The van der Waals surface area contributed by atoms with Crippen LogP contribution >= 0.6 is 0 Å². The fraction of sp³-hybridized carbons (Fsp3) is 0.489. The van der Waals surface area contributed by atoms with Gasteiger partial charge in [-0.15, -0.1) is 0 Å². The van der Waals surface area contributed by atoms with Crippen molar-refractivity contribution in [3.63, 3.8) is 0 Å². The van der Waals surface area contributed by atoms with E-state index >= 15 is 0 Å². The Hall–Kier alpha value is -9.68. The molecule has 0 amide bonds. The van der Waals surface area contributed by atoms with E-state index < -0.39 is 5.41 Å². The van der Waals surface area contributed by atoms with Gasteiger partial charge in [-0.3, -0.25) is 0 Å². The summed E-state index contributed by atoms with van der Waals surface area (Å²) in [5.74, 6) is 0. The smallest absolute Gasteiger partial charge is 0.0701 e. The van der Waals surface area contributed by atoms with Crippen molar-refractivity contribution in [2.75, 3.05) is 165 Å². The highest BCUT2D eigenvalue weighted by Crippen LogP contribution is 2.61. The maximum Gasteiger partial charge on any atom is 0.0701 e. The number of rotatable bonds is 64. The Balaban J connectivity index is 0.862. The first-order valence-electron chi connectivity index (χ1n) is 59.1. The minimum absolute atomic E-state index is 0.0643. The normalized spacial score (nSPS) is 14.3. The van der Waals surface area contributed by atoms with E-state index in [1.54, 1.807) is 44.5 Å². The molecule has 149 heavy (non-hydrogen) atoms. The molecule has 4 aliphatic rings. The van der Waals surface area contributed by atoms with E-state index in [0.717, 1.165) is 52.4 Å². The molecule has 8 heteroatoms. The number of nitrogens with zero attached hydrogens (tertiary/aromatic N) is 8. The molecule has 0 atom stereocenters. The summed E-state index contributed by atoms with van der Waals surface area (Å²) in [4.78, 5) is 18.9. The first-order valence-corrected chi connectivity index (χ1v) is 59.1. The third-order valence-corrected chi connectivity index (χ3v) is 35.3. The summed E-state index contributed by atoms with van der Waals surface area (Å²) in [6, 6.07) is 110. The zero-order chi connectivity index (χ0) is 104. The number of benzene rings is 12. The van der Waals surface area contributed by atoms with Gasteiger partial charge < -0.3 is 39.2 Å². The summed E-state index contributed by atoms with van der Waals surface area (Å²) in [6.45, 7) is 9.17. The Morgan fingerprint density at radius 1 is 0.141 bits per heavy atom. The van der Waals surface area contributed by atoms with Gasteiger partial charge >= 0.3 is 0 Å². The van der Waals surface area contributed by atoms with Gasteiger partial charge in [0.15, 0.2) is 0 Å². The largest absolute Gasteiger partial charge is 0.309 e. The maximum atomic E-state index is 2.68. The summed E-state index contributed by atoms with van der Waals surface area (Å²) in [7, 11) is 35.7. The van der Waals surface area contributed by atoms with Crippen LogP contribution in [0.15, 0.2) is 267 Å². The molecular weight excluding hydrogens is 1810 g/mol. The highest BCUT2D eigenvalue weighted by Gasteiger charge is 2.48. The van der Waals surface area contributed by atoms with Gasteiger partial charge in [-0.2, -0.15) is 0 Å². The van der Waals surface area contributed by atoms with E-state index in [1.807, 2.05) is 0 Å². The van der Waals surface area contributed by atoms with Crippen molar-refractivity contribution >= 4 is 0 Å². The van der Waals surface area contributed by atoms with Crippen molar-refractivity contribution < 1.29 is 0 Å². The summed E-state index contributed by atoms with van der Waals surface area (Å²) in [5.41, 5.74) is 38.1. The van der Waals surface area contributed by atoms with Crippen molar-refractivity contribution in [2.24, 2.45) is 0 Å². The molecule has 0 bridgehead atoms. The number of hydrogen-bond acceptors (Lipinski definition) is 8. The Morgan fingerprint density at radius 3 is 0.443 bits per heavy atom. The lowest BCUT2D eigenvalue weighted by Gasteiger charge is -2.37. The molecule has 12 aromatic rings. The molecule has 0 radical (unpaired) electrons. The number of fused-ring (bicyclic) bond motifs is 12. The third kappa shape index (κ3) is 26.7. The molecule has 0 fully saturated rings. The lowest BCUT2D eigenvalue weighted by Crippen LogP contribution is -2.31. The van der Waals surface area contributed by atoms with Crippen LogP contribution in [-0.4, -0.2) is 204 Å². The zero-order valence-electron chi connectivity index (χ0n) is 95.4. The van der Waals surface area contributed by atoms with E-state index in [2.05, 4.69) is 419 Å². The Labute approximate surface area is 904 Å². The van der Waals surface area contributed by atoms with Gasteiger partial charge in [0.05, 0.1) is 5.41 Å². The van der Waals surface area contributed by atoms with Crippen LogP contribution in [0.5, 0.6) is 0 Å². The summed E-state index contributed by atoms with van der Waals surface area (Å²) >= 11 is 0. The fourth-order valence-electron chi connectivity index (χ4n) is 27.5. The van der Waals surface area contributed by atoms with Gasteiger partial charge in [0.25, 0.3) is 0 Å². The molecule has 0 saturated heterocycles. The van der Waals surface area contributed by atoms with E-state index in [0.29, 0.717) is 0 Å². The van der Waals surface area contributed by atoms with Crippen molar-refractivity contribution in [3.8, 4) is 89.0 Å². The molecular formula is C141H188N8. The van der Waals surface area contributed by atoms with Gasteiger partial charge in [0.2, 0.25) is 0 Å². The molecule has 0 unspecified atom stereocenters. The highest BCUT2D eigenvalue weighted by atomic mass is 15.1. The standard InChI is InChI=1S/C141H188N8/c1-142(2)97-49-25-17-41-89-137(90-42-18-26-50-98-143(3)4)129-61-37-33-57-121(129)125-85-73-113(105-133(125)137)109-65-77-117(78-66-109)141(118-79-67-110(68-80-118)114-74-86-126-122-58-34-38-62-130(122)138(134(126)106-114,91-43-19-27-51-99-144(5)6)92-44-20-28-52-100-145(7)8,119-81-69-111(70-82-119)115-75-87-127-123-59-35-39-63-131(123)139(135(127)107-115,93-45-21-29-53-101-146(9)10)94-46-22-30-54-102-147(11)12)120-83-71-112(72-84-120)116-76-88-128-124-60-36-40-64-132(124)140(136(128)108-116,95-47-23-31-55-103-148(13)14)96-48-24-32-56-104-149(15)16/h33-40,57-88,105-108H,17-32,41-56,89-104H2,1-16H3. The molecule has 16 rings (SSSR count). The highest BCUT2D eigenvalue weighted by molar-refractivity contribution is 5.89. The van der Waals surface area contributed by atoms with Crippen LogP contribution in [0.3, 0.4) is 0 Å². The molecule has 0 heterocycles. The second-order valence-electron chi connectivity index (χ2n) is 48.4. The van der Waals surface area contributed by atoms with Crippen molar-refractivity contribution in [1.29, 1.82) is 0 Å². The molecule has 0 aromatic heterocycles. The average molecular weight is 2000 g/mol. The SMILES string of the molecule is CN(C)CCCCCCC1(CCCCCCN(C)C)c2ccccc2-c2ccc(-c3ccc(C(c4ccc(-c5ccc6c(c5)C(CCCCCCN(C)C)(CCCCCCN(C)C)c5ccccc5-6)cc4)(c4ccc(-c5ccc6c(c5)C(CCCCCCN(C)C)(CCCCCCN(C)C)c5ccccc5-6)cc4)c4ccc(-c5ccc6c(c5)C(CCCCCCN(C)C)(CCCCCCN(C)C)c5ccccc5-6)cc4)cc3)cc21. The molecule has 0 spiro atoms. The molecule has 4 aliphatic carbocycles. The summed E-state index contributed by atoms with van der Waals surface area (Å²) < 4.78 is 0. The van der Waals surface area contributed by atoms with Crippen LogP contribution in [0.2, 0.25) is 0 Å². The van der Waals surface area contributed by atoms with Crippen LogP contribution in [0.4, 0.5) is 0 Å². The van der Waals surface area contributed by atoms with Gasteiger partial charge in [0, 0.05) is 21.7 Å². The van der Waals surface area contributed by atoms with Crippen molar-refractivity contribution in [1.82, 2.24) is 39.2 Å². The van der Waals surface area contributed by atoms with E-state index in [4.69, 9.17) is 0 Å². The van der Waals surface area contributed by atoms with E-state index in [1.165, 1.54) is 368 Å². The number of unbranched alkanes of at least 4 members (excludes halogenated alkanes) is 24. The van der Waals surface area contributed by atoms with Crippen LogP contribution in [-0.2, 0) is 27.1 Å². The predicted octanol–water partition coefficient (Wildman–Crippen LogP) is 33.9. The minimum Gasteiger partial charge on any atom is -0.309 e. The van der Waals surface area contributed by atoms with Gasteiger partial charge in [-0.1, -0.05) is 397 Å². The molecule has 8 nitrogen and oxygen atoms in total. The number of hydrogen-bond donors (Lipinski definition) is 0. The Kier molecular flexibility index (Phi) is 40.4. The first kappa shape index (κ1) is 112. The Morgan fingerprint density at radius 2 is 0.282 bits per heavy atom. The van der Waals surface area contributed by atoms with Crippen LogP contribution < -0.4 is 0 Å². The zero-order valence-corrected chi connectivity index (χ0v) is 95.4. The van der Waals surface area contributed by atoms with Crippen molar-refractivity contribution in [2.45, 2.75) is 284 Å². The fourth-order valence-corrected chi connectivity index (χ4v) is 27.5. The predicted molar refractivity (Wildman–Crippen MR) is 644 cm³/mol. The topological polar surface area (TPSA) is 25.9 Å². The van der Waals surface area contributed by atoms with Crippen LogP contribution in [0.1, 0.15) is 324 Å². The second-order valence-corrected chi connectivity index (χ2v) is 48.4. The lowest BCUT2D eigenvalue weighted by atomic mass is 9.64. The van der Waals surface area contributed by atoms with Crippen molar-refractivity contribution in [3.05, 3.63) is 334 Å². The summed E-state index contributed by atoms with van der Waals surface area (Å²) in [6.07, 6.45) is 49.3. The first-order chi connectivity index (χ1) is 72.5. The minimum atomic E-state index is -0.808. The molecule has 0 N–H and O–H groups in total. The monoisotopic (exact) mass is 1990 g/mol. The quantitative estimate of drug-likeness (QED) is 0.0275. The van der Waals surface area contributed by atoms with E-state index in [-0.39, 0.29) is 21.7 Å². The average Bonchev–Trinajstić information content (AvgIpc) is 1.72. The molecule has 792 valence electrons. The third-order valence-electron chi connectivity index (χ3n) is 35.3. The lowest BCUT2D eigenvalue weighted by molar-refractivity contribution is 0.368. The maximum absolute atomic E-state index is 2.68.